The first kappa shape index (κ1) is 11.0. The van der Waals surface area contributed by atoms with Crippen LogP contribution < -0.4 is 5.32 Å². The van der Waals surface area contributed by atoms with Gasteiger partial charge in [-0.15, -0.1) is 0 Å². The number of benzene rings is 1. The van der Waals surface area contributed by atoms with Crippen LogP contribution in [0.2, 0.25) is 5.02 Å². The number of hydrogen-bond donors (Lipinski definition) is 1. The lowest BCUT2D eigenvalue weighted by Gasteiger charge is -2.28. The van der Waals surface area contributed by atoms with Crippen LogP contribution in [0.15, 0.2) is 24.3 Å². The molecule has 1 aliphatic rings. The van der Waals surface area contributed by atoms with Crippen molar-refractivity contribution < 1.29 is 0 Å². The van der Waals surface area contributed by atoms with E-state index < -0.39 is 0 Å². The maximum atomic E-state index is 5.97. The maximum Gasteiger partial charge on any atom is 0.0408 e. The molecule has 1 atom stereocenters. The Kier molecular flexibility index (Phi) is 3.66. The molecule has 15 heavy (non-hydrogen) atoms. The van der Waals surface area contributed by atoms with Gasteiger partial charge in [-0.25, -0.2) is 0 Å². The van der Waals surface area contributed by atoms with Gasteiger partial charge in [0.1, 0.15) is 0 Å². The molecule has 1 aromatic carbocycles. The number of halogens is 1. The van der Waals surface area contributed by atoms with Gasteiger partial charge < -0.3 is 5.32 Å². The van der Waals surface area contributed by atoms with Crippen LogP contribution in [-0.4, -0.2) is 12.6 Å². The van der Waals surface area contributed by atoms with E-state index in [2.05, 4.69) is 24.4 Å². The molecule has 0 heterocycles. The van der Waals surface area contributed by atoms with Crippen LogP contribution in [0.1, 0.15) is 37.7 Å². The van der Waals surface area contributed by atoms with E-state index >= 15 is 0 Å². The average Bonchev–Trinajstić information content (AvgIpc) is 2.15. The second-order valence-electron chi connectivity index (χ2n) is 4.49. The van der Waals surface area contributed by atoms with Crippen LogP contribution in [0.3, 0.4) is 0 Å². The molecular weight excluding hydrogens is 206 g/mol. The monoisotopic (exact) mass is 223 g/mol. The van der Waals surface area contributed by atoms with Gasteiger partial charge in [-0.05, 0) is 36.5 Å². The second kappa shape index (κ2) is 5.00. The zero-order valence-corrected chi connectivity index (χ0v) is 9.93. The average molecular weight is 224 g/mol. The lowest BCUT2D eigenvalue weighted by atomic mass is 9.92. The Hall–Kier alpha value is -0.530. The SMILES string of the molecule is CC(CNC1CCC1)c1cccc(Cl)c1. The van der Waals surface area contributed by atoms with Crippen molar-refractivity contribution in [2.45, 2.75) is 38.1 Å². The van der Waals surface area contributed by atoms with E-state index in [1.165, 1.54) is 24.8 Å². The first-order valence-electron chi connectivity index (χ1n) is 5.74. The van der Waals surface area contributed by atoms with E-state index in [0.717, 1.165) is 17.6 Å². The fourth-order valence-electron chi connectivity index (χ4n) is 1.89. The maximum absolute atomic E-state index is 5.97. The quantitative estimate of drug-likeness (QED) is 0.823. The Balaban J connectivity index is 1.86. The summed E-state index contributed by atoms with van der Waals surface area (Å²) in [6, 6.07) is 8.94. The van der Waals surface area contributed by atoms with Gasteiger partial charge in [0.05, 0.1) is 0 Å². The van der Waals surface area contributed by atoms with Crippen molar-refractivity contribution in [1.29, 1.82) is 0 Å². The molecule has 0 amide bonds. The number of hydrogen-bond acceptors (Lipinski definition) is 1. The van der Waals surface area contributed by atoms with Crippen molar-refractivity contribution >= 4 is 11.6 Å². The first-order chi connectivity index (χ1) is 7.25. The van der Waals surface area contributed by atoms with Crippen LogP contribution in [-0.2, 0) is 0 Å². The van der Waals surface area contributed by atoms with Gasteiger partial charge in [0.2, 0.25) is 0 Å². The van der Waals surface area contributed by atoms with Crippen LogP contribution in [0, 0.1) is 0 Å². The van der Waals surface area contributed by atoms with Gasteiger partial charge in [0.15, 0.2) is 0 Å². The van der Waals surface area contributed by atoms with Crippen molar-refractivity contribution in [2.75, 3.05) is 6.54 Å². The summed E-state index contributed by atoms with van der Waals surface area (Å²) in [4.78, 5) is 0. The highest BCUT2D eigenvalue weighted by atomic mass is 35.5. The van der Waals surface area contributed by atoms with E-state index in [-0.39, 0.29) is 0 Å². The predicted octanol–water partition coefficient (Wildman–Crippen LogP) is 3.59. The second-order valence-corrected chi connectivity index (χ2v) is 4.93. The molecular formula is C13H18ClN. The Labute approximate surface area is 96.8 Å². The van der Waals surface area contributed by atoms with Gasteiger partial charge in [0, 0.05) is 17.6 Å². The molecule has 1 aliphatic carbocycles. The molecule has 1 unspecified atom stereocenters. The summed E-state index contributed by atoms with van der Waals surface area (Å²) in [5.41, 5.74) is 1.33. The summed E-state index contributed by atoms with van der Waals surface area (Å²) in [6.07, 6.45) is 4.09. The van der Waals surface area contributed by atoms with Crippen LogP contribution in [0.5, 0.6) is 0 Å². The fourth-order valence-corrected chi connectivity index (χ4v) is 2.09. The third kappa shape index (κ3) is 2.96. The number of nitrogens with one attached hydrogen (secondary N) is 1. The van der Waals surface area contributed by atoms with Gasteiger partial charge in [-0.3, -0.25) is 0 Å². The van der Waals surface area contributed by atoms with Crippen molar-refractivity contribution in [3.05, 3.63) is 34.9 Å². The lowest BCUT2D eigenvalue weighted by Crippen LogP contribution is -2.37. The molecule has 2 heteroatoms. The molecule has 1 nitrogen and oxygen atoms in total. The summed E-state index contributed by atoms with van der Waals surface area (Å²) in [7, 11) is 0. The molecule has 1 aromatic rings. The van der Waals surface area contributed by atoms with Gasteiger partial charge in [-0.2, -0.15) is 0 Å². The molecule has 0 bridgehead atoms. The summed E-state index contributed by atoms with van der Waals surface area (Å²) in [5, 5.41) is 4.43. The minimum atomic E-state index is 0.546. The van der Waals surface area contributed by atoms with Crippen molar-refractivity contribution in [3.63, 3.8) is 0 Å². The van der Waals surface area contributed by atoms with Crippen molar-refractivity contribution in [3.8, 4) is 0 Å². The van der Waals surface area contributed by atoms with Gasteiger partial charge in [0.25, 0.3) is 0 Å². The lowest BCUT2D eigenvalue weighted by molar-refractivity contribution is 0.334. The molecule has 1 fully saturated rings. The molecule has 82 valence electrons. The molecule has 1 N–H and O–H groups in total. The number of rotatable bonds is 4. The van der Waals surface area contributed by atoms with E-state index in [0.29, 0.717) is 5.92 Å². The molecule has 0 saturated heterocycles. The minimum absolute atomic E-state index is 0.546. The Bertz CT molecular complexity index is 320. The summed E-state index contributed by atoms with van der Waals surface area (Å²) < 4.78 is 0. The Morgan fingerprint density at radius 1 is 1.47 bits per heavy atom. The van der Waals surface area contributed by atoms with Crippen LogP contribution in [0.25, 0.3) is 0 Å². The van der Waals surface area contributed by atoms with E-state index in [1.807, 2.05) is 12.1 Å². The van der Waals surface area contributed by atoms with Crippen LogP contribution >= 0.6 is 11.6 Å². The molecule has 0 aromatic heterocycles. The molecule has 2 rings (SSSR count). The highest BCUT2D eigenvalue weighted by Gasteiger charge is 2.17. The Morgan fingerprint density at radius 2 is 2.27 bits per heavy atom. The highest BCUT2D eigenvalue weighted by Crippen LogP contribution is 2.21. The normalized spacial score (nSPS) is 18.5. The van der Waals surface area contributed by atoms with Crippen molar-refractivity contribution in [1.82, 2.24) is 5.32 Å². The zero-order chi connectivity index (χ0) is 10.7. The van der Waals surface area contributed by atoms with E-state index in [1.54, 1.807) is 0 Å². The first-order valence-corrected chi connectivity index (χ1v) is 6.12. The van der Waals surface area contributed by atoms with E-state index in [4.69, 9.17) is 11.6 Å². The Morgan fingerprint density at radius 3 is 2.87 bits per heavy atom. The zero-order valence-electron chi connectivity index (χ0n) is 9.17. The standard InChI is InChI=1S/C13H18ClN/c1-10(9-15-13-6-3-7-13)11-4-2-5-12(14)8-11/h2,4-5,8,10,13,15H,3,6-7,9H2,1H3. The van der Waals surface area contributed by atoms with Gasteiger partial charge in [-0.1, -0.05) is 37.1 Å². The summed E-state index contributed by atoms with van der Waals surface area (Å²) in [6.45, 7) is 3.31. The van der Waals surface area contributed by atoms with Crippen LogP contribution in [0.4, 0.5) is 0 Å². The fraction of sp³-hybridized carbons (Fsp3) is 0.538. The third-order valence-electron chi connectivity index (χ3n) is 3.24. The largest absolute Gasteiger partial charge is 0.313 e. The third-order valence-corrected chi connectivity index (χ3v) is 3.47. The van der Waals surface area contributed by atoms with E-state index in [9.17, 15) is 0 Å². The molecule has 0 aliphatic heterocycles. The summed E-state index contributed by atoms with van der Waals surface area (Å²) in [5.74, 6) is 0.546. The topological polar surface area (TPSA) is 12.0 Å². The highest BCUT2D eigenvalue weighted by molar-refractivity contribution is 6.30. The van der Waals surface area contributed by atoms with Crippen molar-refractivity contribution in [2.24, 2.45) is 0 Å². The molecule has 0 radical (unpaired) electrons. The summed E-state index contributed by atoms with van der Waals surface area (Å²) >= 11 is 5.97. The molecule has 1 saturated carbocycles. The van der Waals surface area contributed by atoms with Gasteiger partial charge >= 0.3 is 0 Å². The molecule has 0 spiro atoms. The predicted molar refractivity (Wildman–Crippen MR) is 65.5 cm³/mol. The smallest absolute Gasteiger partial charge is 0.0408 e. The minimum Gasteiger partial charge on any atom is -0.313 e.